The molecule has 4 atom stereocenters. The van der Waals surface area contributed by atoms with Gasteiger partial charge in [-0.1, -0.05) is 12.1 Å². The summed E-state index contributed by atoms with van der Waals surface area (Å²) in [4.78, 5) is 4.45. The van der Waals surface area contributed by atoms with Crippen LogP contribution in [0.4, 0.5) is 0 Å². The third kappa shape index (κ3) is 4.51. The molecule has 4 N–H and O–H groups in total. The average molecular weight is 360 g/mol. The van der Waals surface area contributed by atoms with Gasteiger partial charge in [0.05, 0.1) is 43.7 Å². The number of ether oxygens (including phenoxy) is 2. The van der Waals surface area contributed by atoms with E-state index in [0.29, 0.717) is 6.42 Å². The van der Waals surface area contributed by atoms with Crippen LogP contribution in [0.1, 0.15) is 31.2 Å². The monoisotopic (exact) mass is 360 g/mol. The van der Waals surface area contributed by atoms with Crippen molar-refractivity contribution in [2.75, 3.05) is 13.7 Å². The van der Waals surface area contributed by atoms with Crippen LogP contribution in [-0.4, -0.2) is 53.3 Å². The fourth-order valence-corrected chi connectivity index (χ4v) is 3.60. The van der Waals surface area contributed by atoms with Gasteiger partial charge in [-0.2, -0.15) is 0 Å². The predicted octanol–water partition coefficient (Wildman–Crippen LogP) is 1.79. The molecule has 142 valence electrons. The number of aliphatic hydroxyl groups is 2. The van der Waals surface area contributed by atoms with E-state index in [-0.39, 0.29) is 24.9 Å². The number of benzene rings is 1. The van der Waals surface area contributed by atoms with E-state index in [9.17, 15) is 5.11 Å². The number of aryl methyl sites for hydroxylation is 1. The fraction of sp³-hybridized carbons (Fsp3) is 0.550. The SMILES string of the molecule is COc1cnc2cccc(CC[C@@H]3CC[C@@H](N)[C@@H](CC(O)CO)O3)c2c1. The van der Waals surface area contributed by atoms with Crippen molar-refractivity contribution < 1.29 is 19.7 Å². The van der Waals surface area contributed by atoms with E-state index in [4.69, 9.17) is 20.3 Å². The molecule has 2 aromatic rings. The summed E-state index contributed by atoms with van der Waals surface area (Å²) < 4.78 is 11.4. The van der Waals surface area contributed by atoms with Crippen LogP contribution in [0.25, 0.3) is 10.9 Å². The van der Waals surface area contributed by atoms with Gasteiger partial charge in [0, 0.05) is 17.8 Å². The summed E-state index contributed by atoms with van der Waals surface area (Å²) in [5.41, 5.74) is 8.30. The Balaban J connectivity index is 1.66. The molecule has 1 aromatic carbocycles. The fourth-order valence-electron chi connectivity index (χ4n) is 3.60. The summed E-state index contributed by atoms with van der Waals surface area (Å²) in [6, 6.07) is 8.08. The minimum Gasteiger partial charge on any atom is -0.495 e. The molecule has 0 radical (unpaired) electrons. The number of fused-ring (bicyclic) bond motifs is 1. The van der Waals surface area contributed by atoms with Gasteiger partial charge in [-0.3, -0.25) is 4.98 Å². The van der Waals surface area contributed by atoms with E-state index in [1.807, 2.05) is 18.2 Å². The van der Waals surface area contributed by atoms with Gasteiger partial charge in [-0.05, 0) is 43.4 Å². The van der Waals surface area contributed by atoms with E-state index < -0.39 is 6.10 Å². The lowest BCUT2D eigenvalue weighted by atomic mass is 9.92. The second kappa shape index (κ2) is 8.77. The Kier molecular flexibility index (Phi) is 6.43. The molecule has 0 saturated carbocycles. The molecule has 1 aromatic heterocycles. The van der Waals surface area contributed by atoms with Crippen LogP contribution in [-0.2, 0) is 11.2 Å². The summed E-state index contributed by atoms with van der Waals surface area (Å²) >= 11 is 0. The Bertz CT molecular complexity index is 724. The van der Waals surface area contributed by atoms with Crippen LogP contribution < -0.4 is 10.5 Å². The maximum absolute atomic E-state index is 9.69. The zero-order valence-corrected chi connectivity index (χ0v) is 15.2. The molecule has 0 amide bonds. The Morgan fingerprint density at radius 1 is 1.38 bits per heavy atom. The second-order valence-electron chi connectivity index (χ2n) is 7.01. The number of aliphatic hydroxyl groups excluding tert-OH is 2. The van der Waals surface area contributed by atoms with Gasteiger partial charge in [0.15, 0.2) is 0 Å². The molecule has 0 spiro atoms. The van der Waals surface area contributed by atoms with Crippen molar-refractivity contribution in [2.24, 2.45) is 5.73 Å². The highest BCUT2D eigenvalue weighted by atomic mass is 16.5. The van der Waals surface area contributed by atoms with E-state index >= 15 is 0 Å². The molecule has 0 aliphatic carbocycles. The lowest BCUT2D eigenvalue weighted by Crippen LogP contribution is -2.46. The number of hydrogen-bond acceptors (Lipinski definition) is 6. The van der Waals surface area contributed by atoms with Crippen LogP contribution in [0.2, 0.25) is 0 Å². The minimum absolute atomic E-state index is 0.0848. The number of methoxy groups -OCH3 is 1. The van der Waals surface area contributed by atoms with Crippen LogP contribution in [0.15, 0.2) is 30.5 Å². The molecule has 1 aliphatic rings. The van der Waals surface area contributed by atoms with Gasteiger partial charge >= 0.3 is 0 Å². The average Bonchev–Trinajstić information content (AvgIpc) is 2.67. The molecule has 2 heterocycles. The summed E-state index contributed by atoms with van der Waals surface area (Å²) in [6.07, 6.45) is 4.79. The molecule has 1 unspecified atom stereocenters. The Morgan fingerprint density at radius 3 is 3.00 bits per heavy atom. The van der Waals surface area contributed by atoms with Gasteiger partial charge in [-0.25, -0.2) is 0 Å². The zero-order chi connectivity index (χ0) is 18.5. The molecule has 1 aliphatic heterocycles. The third-order valence-corrected chi connectivity index (χ3v) is 5.14. The first-order valence-electron chi connectivity index (χ1n) is 9.22. The highest BCUT2D eigenvalue weighted by Crippen LogP contribution is 2.27. The number of aromatic nitrogens is 1. The van der Waals surface area contributed by atoms with Gasteiger partial charge in [0.2, 0.25) is 0 Å². The summed E-state index contributed by atoms with van der Waals surface area (Å²) in [5.74, 6) is 0.753. The molecule has 0 bridgehead atoms. The first-order valence-corrected chi connectivity index (χ1v) is 9.22. The number of hydrogen-bond donors (Lipinski definition) is 3. The largest absolute Gasteiger partial charge is 0.495 e. The lowest BCUT2D eigenvalue weighted by Gasteiger charge is -2.35. The molecule has 1 saturated heterocycles. The minimum atomic E-state index is -0.776. The van der Waals surface area contributed by atoms with Crippen LogP contribution >= 0.6 is 0 Å². The standard InChI is InChI=1S/C20H28N2O4/c1-25-16-10-17-13(3-2-4-19(17)22-11-16)5-6-15-7-8-18(21)20(26-15)9-14(24)12-23/h2-4,10-11,14-15,18,20,23-24H,5-9,12,21H2,1H3/t14?,15-,18-,20-/m1/s1. The number of pyridine rings is 1. The smallest absolute Gasteiger partial charge is 0.137 e. The van der Waals surface area contributed by atoms with Gasteiger partial charge < -0.3 is 25.4 Å². The summed E-state index contributed by atoms with van der Waals surface area (Å²) in [7, 11) is 1.64. The number of nitrogens with two attached hydrogens (primary N) is 1. The summed E-state index contributed by atoms with van der Waals surface area (Å²) in [6.45, 7) is -0.262. The lowest BCUT2D eigenvalue weighted by molar-refractivity contribution is -0.0855. The van der Waals surface area contributed by atoms with Crippen LogP contribution in [0.3, 0.4) is 0 Å². The summed E-state index contributed by atoms with van der Waals surface area (Å²) in [5, 5.41) is 19.8. The molecular weight excluding hydrogens is 332 g/mol. The molecule has 3 rings (SSSR count). The van der Waals surface area contributed by atoms with Gasteiger partial charge in [0.25, 0.3) is 0 Å². The Hall–Kier alpha value is -1.73. The molecular formula is C20H28N2O4. The van der Waals surface area contributed by atoms with E-state index in [2.05, 4.69) is 11.1 Å². The van der Waals surface area contributed by atoms with Crippen LogP contribution in [0, 0.1) is 0 Å². The number of nitrogens with zero attached hydrogens (tertiary/aromatic N) is 1. The first-order chi connectivity index (χ1) is 12.6. The highest BCUT2D eigenvalue weighted by molar-refractivity contribution is 5.83. The van der Waals surface area contributed by atoms with Crippen LogP contribution in [0.5, 0.6) is 5.75 Å². The Morgan fingerprint density at radius 2 is 2.23 bits per heavy atom. The molecule has 6 heteroatoms. The van der Waals surface area contributed by atoms with E-state index in [1.54, 1.807) is 13.3 Å². The maximum atomic E-state index is 9.69. The van der Waals surface area contributed by atoms with Crippen molar-refractivity contribution in [3.8, 4) is 5.75 Å². The van der Waals surface area contributed by atoms with Crippen molar-refractivity contribution in [2.45, 2.75) is 56.5 Å². The maximum Gasteiger partial charge on any atom is 0.137 e. The van der Waals surface area contributed by atoms with Crippen molar-refractivity contribution in [3.05, 3.63) is 36.0 Å². The van der Waals surface area contributed by atoms with Crippen molar-refractivity contribution in [1.82, 2.24) is 4.98 Å². The quantitative estimate of drug-likeness (QED) is 0.696. The first kappa shape index (κ1) is 19.0. The van der Waals surface area contributed by atoms with Gasteiger partial charge in [0.1, 0.15) is 5.75 Å². The normalized spacial score (nSPS) is 24.5. The van der Waals surface area contributed by atoms with E-state index in [0.717, 1.165) is 42.3 Å². The molecule has 6 nitrogen and oxygen atoms in total. The zero-order valence-electron chi connectivity index (χ0n) is 15.2. The number of rotatable bonds is 7. The van der Waals surface area contributed by atoms with Crippen molar-refractivity contribution >= 4 is 10.9 Å². The molecule has 26 heavy (non-hydrogen) atoms. The van der Waals surface area contributed by atoms with Crippen molar-refractivity contribution in [3.63, 3.8) is 0 Å². The van der Waals surface area contributed by atoms with Crippen molar-refractivity contribution in [1.29, 1.82) is 0 Å². The van der Waals surface area contributed by atoms with Gasteiger partial charge in [-0.15, -0.1) is 0 Å². The second-order valence-corrected chi connectivity index (χ2v) is 7.01. The molecule has 1 fully saturated rings. The topological polar surface area (TPSA) is 97.8 Å². The predicted molar refractivity (Wildman–Crippen MR) is 100 cm³/mol. The Labute approximate surface area is 153 Å². The third-order valence-electron chi connectivity index (χ3n) is 5.14. The highest BCUT2D eigenvalue weighted by Gasteiger charge is 2.30. The van der Waals surface area contributed by atoms with E-state index in [1.165, 1.54) is 5.56 Å².